The third-order valence-corrected chi connectivity index (χ3v) is 1.18. The van der Waals surface area contributed by atoms with Crippen molar-refractivity contribution < 1.29 is 10.0 Å². The molecule has 1 amide bonds. The summed E-state index contributed by atoms with van der Waals surface area (Å²) in [4.78, 5) is 10.6. The number of hydroxylamine groups is 2. The highest BCUT2D eigenvalue weighted by molar-refractivity contribution is 5.77. The first kappa shape index (κ1) is 9.39. The topological polar surface area (TPSA) is 52.6 Å². The first-order chi connectivity index (χ1) is 4.57. The lowest BCUT2D eigenvalue weighted by Gasteiger charge is -2.16. The van der Waals surface area contributed by atoms with E-state index in [0.29, 0.717) is 0 Å². The van der Waals surface area contributed by atoms with E-state index in [0.717, 1.165) is 5.06 Å². The minimum absolute atomic E-state index is 0.0164. The lowest BCUT2D eigenvalue weighted by atomic mass is 10.4. The van der Waals surface area contributed by atoms with Gasteiger partial charge < -0.3 is 10.5 Å². The Hall–Kier alpha value is -0.610. The summed E-state index contributed by atoms with van der Waals surface area (Å²) in [5.41, 5.74) is 0. The molecule has 0 aromatic heterocycles. The number of likely N-dealkylation sites (N-methyl/N-ethyl adjacent to an activating group) is 1. The van der Waals surface area contributed by atoms with Gasteiger partial charge in [-0.3, -0.25) is 4.79 Å². The highest BCUT2D eigenvalue weighted by Crippen LogP contribution is 1.90. The molecule has 4 heteroatoms. The van der Waals surface area contributed by atoms with Crippen molar-refractivity contribution in [2.45, 2.75) is 19.9 Å². The predicted molar refractivity (Wildman–Crippen MR) is 37.7 cm³/mol. The van der Waals surface area contributed by atoms with Gasteiger partial charge in [-0.05, 0) is 13.8 Å². The highest BCUT2D eigenvalue weighted by Gasteiger charge is 2.08. The van der Waals surface area contributed by atoms with E-state index >= 15 is 0 Å². The number of hydrogen-bond acceptors (Lipinski definition) is 3. The predicted octanol–water partition coefficient (Wildman–Crippen LogP) is -0.168. The Balaban J connectivity index is 3.57. The van der Waals surface area contributed by atoms with Crippen molar-refractivity contribution in [3.63, 3.8) is 0 Å². The van der Waals surface area contributed by atoms with Crippen molar-refractivity contribution in [2.24, 2.45) is 0 Å². The molecular formula is C6H14N2O2. The van der Waals surface area contributed by atoms with Crippen LogP contribution in [0.15, 0.2) is 0 Å². The van der Waals surface area contributed by atoms with E-state index in [1.165, 1.54) is 7.05 Å². The van der Waals surface area contributed by atoms with Crippen LogP contribution >= 0.6 is 0 Å². The van der Waals surface area contributed by atoms with Gasteiger partial charge in [-0.1, -0.05) is 0 Å². The second-order valence-corrected chi connectivity index (χ2v) is 2.36. The fraction of sp³-hybridized carbons (Fsp3) is 0.833. The van der Waals surface area contributed by atoms with Crippen molar-refractivity contribution in [3.8, 4) is 0 Å². The summed E-state index contributed by atoms with van der Waals surface area (Å²) in [6, 6.07) is -0.0164. The van der Waals surface area contributed by atoms with Crippen molar-refractivity contribution in [1.82, 2.24) is 10.4 Å². The Bertz CT molecular complexity index is 114. The summed E-state index contributed by atoms with van der Waals surface area (Å²) in [5.74, 6) is -0.184. The molecule has 0 saturated heterocycles. The van der Waals surface area contributed by atoms with E-state index in [1.807, 2.05) is 13.8 Å². The quantitative estimate of drug-likeness (QED) is 0.544. The second-order valence-electron chi connectivity index (χ2n) is 2.36. The summed E-state index contributed by atoms with van der Waals surface area (Å²) in [7, 11) is 1.54. The molecule has 0 heterocycles. The fourth-order valence-electron chi connectivity index (χ4n) is 0.409. The van der Waals surface area contributed by atoms with Crippen LogP contribution in [0.1, 0.15) is 13.8 Å². The molecule has 0 radical (unpaired) electrons. The van der Waals surface area contributed by atoms with Crippen LogP contribution in [0.25, 0.3) is 0 Å². The molecule has 0 atom stereocenters. The van der Waals surface area contributed by atoms with Crippen LogP contribution in [0.4, 0.5) is 0 Å². The van der Waals surface area contributed by atoms with Gasteiger partial charge in [0.1, 0.15) is 6.54 Å². The zero-order chi connectivity index (χ0) is 8.15. The zero-order valence-corrected chi connectivity index (χ0v) is 6.59. The number of rotatable bonds is 3. The first-order valence-corrected chi connectivity index (χ1v) is 3.24. The summed E-state index contributed by atoms with van der Waals surface area (Å²) in [6.07, 6.45) is 0. The average molecular weight is 146 g/mol. The average Bonchev–Trinajstić information content (AvgIpc) is 1.87. The van der Waals surface area contributed by atoms with E-state index in [1.54, 1.807) is 0 Å². The zero-order valence-electron chi connectivity index (χ0n) is 6.59. The molecule has 0 aromatic carbocycles. The molecule has 60 valence electrons. The molecular weight excluding hydrogens is 132 g/mol. The van der Waals surface area contributed by atoms with Crippen molar-refractivity contribution in [1.29, 1.82) is 0 Å². The Morgan fingerprint density at radius 3 is 2.50 bits per heavy atom. The standard InChI is InChI=1S/C6H14N2O2/c1-5(2)8(10)4-6(9)7-3/h5,10H,4H2,1-3H3,(H,7,9). The highest BCUT2D eigenvalue weighted by atomic mass is 16.5. The summed E-state index contributed by atoms with van der Waals surface area (Å²) < 4.78 is 0. The molecule has 0 aromatic rings. The minimum atomic E-state index is -0.184. The maximum Gasteiger partial charge on any atom is 0.236 e. The van der Waals surface area contributed by atoms with Crippen LogP contribution < -0.4 is 5.32 Å². The van der Waals surface area contributed by atoms with Crippen molar-refractivity contribution in [2.75, 3.05) is 13.6 Å². The van der Waals surface area contributed by atoms with Gasteiger partial charge in [-0.15, -0.1) is 0 Å². The van der Waals surface area contributed by atoms with Gasteiger partial charge in [0, 0.05) is 13.1 Å². The molecule has 0 aliphatic heterocycles. The molecule has 0 unspecified atom stereocenters. The van der Waals surface area contributed by atoms with Gasteiger partial charge in [0.2, 0.25) is 5.91 Å². The van der Waals surface area contributed by atoms with E-state index in [2.05, 4.69) is 5.32 Å². The molecule has 0 fully saturated rings. The Morgan fingerprint density at radius 1 is 1.70 bits per heavy atom. The molecule has 0 spiro atoms. The Morgan fingerprint density at radius 2 is 2.20 bits per heavy atom. The molecule has 0 aliphatic rings. The van der Waals surface area contributed by atoms with Crippen LogP contribution in [0.3, 0.4) is 0 Å². The minimum Gasteiger partial charge on any atom is -0.358 e. The summed E-state index contributed by atoms with van der Waals surface area (Å²) in [5, 5.41) is 12.4. The largest absolute Gasteiger partial charge is 0.358 e. The number of amides is 1. The van der Waals surface area contributed by atoms with E-state index in [9.17, 15) is 4.79 Å². The molecule has 10 heavy (non-hydrogen) atoms. The van der Waals surface area contributed by atoms with Gasteiger partial charge in [-0.25, -0.2) is 0 Å². The van der Waals surface area contributed by atoms with Crippen LogP contribution in [0.2, 0.25) is 0 Å². The normalized spacial score (nSPS) is 10.6. The van der Waals surface area contributed by atoms with Gasteiger partial charge in [0.15, 0.2) is 0 Å². The monoisotopic (exact) mass is 146 g/mol. The number of hydrogen-bond donors (Lipinski definition) is 2. The van der Waals surface area contributed by atoms with E-state index in [-0.39, 0.29) is 18.5 Å². The number of carbonyl (C=O) groups excluding carboxylic acids is 1. The number of carbonyl (C=O) groups is 1. The molecule has 0 saturated carbocycles. The number of nitrogens with zero attached hydrogens (tertiary/aromatic N) is 1. The summed E-state index contributed by atoms with van der Waals surface area (Å²) >= 11 is 0. The van der Waals surface area contributed by atoms with E-state index < -0.39 is 0 Å². The maximum absolute atomic E-state index is 10.6. The Labute approximate surface area is 60.8 Å². The SMILES string of the molecule is CNC(=O)CN(O)C(C)C. The third-order valence-electron chi connectivity index (χ3n) is 1.18. The van der Waals surface area contributed by atoms with Crippen LogP contribution in [-0.2, 0) is 4.79 Å². The van der Waals surface area contributed by atoms with Gasteiger partial charge in [-0.2, -0.15) is 5.06 Å². The lowest BCUT2D eigenvalue weighted by Crippen LogP contribution is -2.37. The molecule has 4 nitrogen and oxygen atoms in total. The van der Waals surface area contributed by atoms with Crippen LogP contribution in [0, 0.1) is 0 Å². The lowest BCUT2D eigenvalue weighted by molar-refractivity contribution is -0.145. The van der Waals surface area contributed by atoms with Crippen molar-refractivity contribution in [3.05, 3.63) is 0 Å². The molecule has 2 N–H and O–H groups in total. The summed E-state index contributed by atoms with van der Waals surface area (Å²) in [6.45, 7) is 3.65. The molecule has 0 rings (SSSR count). The third kappa shape index (κ3) is 3.42. The fourth-order valence-corrected chi connectivity index (χ4v) is 0.409. The molecule has 0 bridgehead atoms. The number of nitrogens with one attached hydrogen (secondary N) is 1. The van der Waals surface area contributed by atoms with E-state index in [4.69, 9.17) is 5.21 Å². The van der Waals surface area contributed by atoms with Crippen LogP contribution in [0.5, 0.6) is 0 Å². The second kappa shape index (κ2) is 4.24. The van der Waals surface area contributed by atoms with Gasteiger partial charge >= 0.3 is 0 Å². The van der Waals surface area contributed by atoms with Gasteiger partial charge in [0.05, 0.1) is 0 Å². The Kier molecular flexibility index (Phi) is 3.99. The van der Waals surface area contributed by atoms with Crippen LogP contribution in [-0.4, -0.2) is 35.8 Å². The first-order valence-electron chi connectivity index (χ1n) is 3.24. The smallest absolute Gasteiger partial charge is 0.236 e. The van der Waals surface area contributed by atoms with Crippen molar-refractivity contribution >= 4 is 5.91 Å². The molecule has 0 aliphatic carbocycles. The maximum atomic E-state index is 10.6. The van der Waals surface area contributed by atoms with Gasteiger partial charge in [0.25, 0.3) is 0 Å².